The molecule has 0 saturated carbocycles. The van der Waals surface area contributed by atoms with Crippen LogP contribution < -0.4 is 5.32 Å². The van der Waals surface area contributed by atoms with Crippen molar-refractivity contribution in [1.82, 2.24) is 5.32 Å². The molecule has 0 radical (unpaired) electrons. The van der Waals surface area contributed by atoms with Gasteiger partial charge in [-0.05, 0) is 55.8 Å². The molecule has 1 aliphatic heterocycles. The molecule has 0 aromatic heterocycles. The molecular weight excluding hydrogens is 358 g/mol. The summed E-state index contributed by atoms with van der Waals surface area (Å²) < 4.78 is 5.20. The highest BCUT2D eigenvalue weighted by molar-refractivity contribution is 6.33. The number of hydrogen-bond donors (Lipinski definition) is 2. The van der Waals surface area contributed by atoms with E-state index >= 15 is 0 Å². The molecule has 3 nitrogen and oxygen atoms in total. The first-order valence-electron chi connectivity index (χ1n) is 9.93. The third kappa shape index (κ3) is 4.72. The molecule has 0 aliphatic carbocycles. The number of ether oxygens (including phenoxy) is 1. The van der Waals surface area contributed by atoms with Crippen molar-refractivity contribution in [2.24, 2.45) is 5.92 Å². The van der Waals surface area contributed by atoms with Crippen LogP contribution in [0.5, 0.6) is 0 Å². The highest BCUT2D eigenvalue weighted by Crippen LogP contribution is 2.44. The van der Waals surface area contributed by atoms with Gasteiger partial charge >= 0.3 is 0 Å². The summed E-state index contributed by atoms with van der Waals surface area (Å²) in [4.78, 5) is 0. The zero-order valence-electron chi connectivity index (χ0n) is 16.1. The van der Waals surface area contributed by atoms with E-state index in [1.807, 2.05) is 30.3 Å². The Balaban J connectivity index is 2.02. The monoisotopic (exact) mass is 387 g/mol. The van der Waals surface area contributed by atoms with Crippen molar-refractivity contribution in [3.05, 3.63) is 59.1 Å². The fourth-order valence-electron chi connectivity index (χ4n) is 4.24. The summed E-state index contributed by atoms with van der Waals surface area (Å²) in [6.45, 7) is 2.58. The number of aliphatic hydroxyl groups is 1. The van der Waals surface area contributed by atoms with Crippen molar-refractivity contribution in [3.8, 4) is 11.1 Å². The maximum absolute atomic E-state index is 12.0. The summed E-state index contributed by atoms with van der Waals surface area (Å²) in [7, 11) is 1.72. The van der Waals surface area contributed by atoms with Gasteiger partial charge in [0.05, 0.1) is 5.60 Å². The SMILES string of the molecule is COCCCC[C@@](O)(c1cccc(Cl)c1-c1ccccc1)C1CCCNC1. The van der Waals surface area contributed by atoms with Crippen molar-refractivity contribution in [3.63, 3.8) is 0 Å². The van der Waals surface area contributed by atoms with Crippen molar-refractivity contribution in [1.29, 1.82) is 0 Å². The summed E-state index contributed by atoms with van der Waals surface area (Å²) in [6, 6.07) is 16.1. The van der Waals surface area contributed by atoms with Crippen LogP contribution in [0.4, 0.5) is 0 Å². The number of methoxy groups -OCH3 is 1. The van der Waals surface area contributed by atoms with Crippen molar-refractivity contribution in [2.45, 2.75) is 37.7 Å². The first kappa shape index (κ1) is 20.3. The minimum Gasteiger partial charge on any atom is -0.385 e. The van der Waals surface area contributed by atoms with Crippen LogP contribution in [0.2, 0.25) is 5.02 Å². The fraction of sp³-hybridized carbons (Fsp3) is 0.478. The summed E-state index contributed by atoms with van der Waals surface area (Å²) in [5.74, 6) is 0.176. The lowest BCUT2D eigenvalue weighted by atomic mass is 9.72. The van der Waals surface area contributed by atoms with Gasteiger partial charge in [-0.1, -0.05) is 54.1 Å². The van der Waals surface area contributed by atoms with Crippen LogP contribution in [-0.4, -0.2) is 31.9 Å². The van der Waals surface area contributed by atoms with Crippen LogP contribution in [0.3, 0.4) is 0 Å². The second kappa shape index (κ2) is 9.70. The molecule has 1 fully saturated rings. The maximum atomic E-state index is 12.0. The number of nitrogens with one attached hydrogen (secondary N) is 1. The van der Waals surface area contributed by atoms with Gasteiger partial charge in [-0.15, -0.1) is 0 Å². The van der Waals surface area contributed by atoms with E-state index in [4.69, 9.17) is 16.3 Å². The first-order valence-corrected chi connectivity index (χ1v) is 10.3. The Morgan fingerprint density at radius 3 is 2.67 bits per heavy atom. The van der Waals surface area contributed by atoms with Crippen molar-refractivity contribution < 1.29 is 9.84 Å². The van der Waals surface area contributed by atoms with Crippen LogP contribution in [0.1, 0.15) is 37.7 Å². The van der Waals surface area contributed by atoms with Gasteiger partial charge in [0.2, 0.25) is 0 Å². The molecule has 2 N–H and O–H groups in total. The Bertz CT molecular complexity index is 716. The van der Waals surface area contributed by atoms with E-state index in [1.54, 1.807) is 7.11 Å². The molecule has 0 spiro atoms. The van der Waals surface area contributed by atoms with Crippen LogP contribution in [0, 0.1) is 5.92 Å². The minimum atomic E-state index is -0.906. The van der Waals surface area contributed by atoms with E-state index in [9.17, 15) is 5.11 Å². The van der Waals surface area contributed by atoms with Gasteiger partial charge in [-0.25, -0.2) is 0 Å². The Labute approximate surface area is 167 Å². The van der Waals surface area contributed by atoms with Crippen LogP contribution in [0.25, 0.3) is 11.1 Å². The van der Waals surface area contributed by atoms with E-state index in [0.717, 1.165) is 62.1 Å². The maximum Gasteiger partial charge on any atom is 0.0943 e. The summed E-state index contributed by atoms with van der Waals surface area (Å²) in [6.07, 6.45) is 4.69. The third-order valence-electron chi connectivity index (χ3n) is 5.67. The molecule has 2 aromatic rings. The molecular formula is C23H30ClNO2. The number of piperidine rings is 1. The zero-order valence-corrected chi connectivity index (χ0v) is 16.8. The highest BCUT2D eigenvalue weighted by atomic mass is 35.5. The topological polar surface area (TPSA) is 41.5 Å². The molecule has 0 bridgehead atoms. The van der Waals surface area contributed by atoms with Gasteiger partial charge in [0, 0.05) is 36.8 Å². The molecule has 146 valence electrons. The number of benzene rings is 2. The molecule has 2 atom stereocenters. The van der Waals surface area contributed by atoms with Gasteiger partial charge in [-0.3, -0.25) is 0 Å². The van der Waals surface area contributed by atoms with Crippen molar-refractivity contribution >= 4 is 11.6 Å². The highest BCUT2D eigenvalue weighted by Gasteiger charge is 2.40. The van der Waals surface area contributed by atoms with Crippen LogP contribution in [0.15, 0.2) is 48.5 Å². The predicted molar refractivity (Wildman–Crippen MR) is 112 cm³/mol. The molecule has 1 aliphatic rings. The van der Waals surface area contributed by atoms with Crippen LogP contribution in [-0.2, 0) is 10.3 Å². The van der Waals surface area contributed by atoms with Gasteiger partial charge < -0.3 is 15.2 Å². The lowest BCUT2D eigenvalue weighted by Gasteiger charge is -2.40. The molecule has 1 unspecified atom stereocenters. The second-order valence-electron chi connectivity index (χ2n) is 7.45. The van der Waals surface area contributed by atoms with Crippen molar-refractivity contribution in [2.75, 3.05) is 26.8 Å². The quantitative estimate of drug-likeness (QED) is 0.625. The molecule has 4 heteroatoms. The van der Waals surface area contributed by atoms with Crippen LogP contribution >= 0.6 is 11.6 Å². The molecule has 3 rings (SSSR count). The third-order valence-corrected chi connectivity index (χ3v) is 5.99. The Kier molecular flexibility index (Phi) is 7.31. The van der Waals surface area contributed by atoms with E-state index in [2.05, 4.69) is 23.5 Å². The first-order chi connectivity index (χ1) is 13.2. The predicted octanol–water partition coefficient (Wildman–Crippen LogP) is 5.01. The molecule has 1 saturated heterocycles. The van der Waals surface area contributed by atoms with E-state index < -0.39 is 5.60 Å². The number of rotatable bonds is 8. The average Bonchev–Trinajstić information content (AvgIpc) is 2.72. The largest absolute Gasteiger partial charge is 0.385 e. The van der Waals surface area contributed by atoms with E-state index in [-0.39, 0.29) is 5.92 Å². The normalized spacial score (nSPS) is 19.6. The van der Waals surface area contributed by atoms with E-state index in [1.165, 1.54) is 0 Å². The Morgan fingerprint density at radius 1 is 1.15 bits per heavy atom. The average molecular weight is 388 g/mol. The molecule has 1 heterocycles. The number of hydrogen-bond acceptors (Lipinski definition) is 3. The second-order valence-corrected chi connectivity index (χ2v) is 7.85. The summed E-state index contributed by atoms with van der Waals surface area (Å²) in [5, 5.41) is 16.2. The zero-order chi connectivity index (χ0) is 19.1. The smallest absolute Gasteiger partial charge is 0.0943 e. The van der Waals surface area contributed by atoms with Gasteiger partial charge in [-0.2, -0.15) is 0 Å². The van der Waals surface area contributed by atoms with Gasteiger partial charge in [0.1, 0.15) is 0 Å². The lowest BCUT2D eigenvalue weighted by molar-refractivity contribution is -0.0429. The lowest BCUT2D eigenvalue weighted by Crippen LogP contribution is -2.44. The number of halogens is 1. The van der Waals surface area contributed by atoms with Gasteiger partial charge in [0.15, 0.2) is 0 Å². The van der Waals surface area contributed by atoms with E-state index in [0.29, 0.717) is 11.4 Å². The Hall–Kier alpha value is -1.39. The summed E-state index contributed by atoms with van der Waals surface area (Å²) >= 11 is 6.65. The molecule has 27 heavy (non-hydrogen) atoms. The number of unbranched alkanes of at least 4 members (excludes halogenated alkanes) is 1. The van der Waals surface area contributed by atoms with Gasteiger partial charge in [0.25, 0.3) is 0 Å². The Morgan fingerprint density at radius 2 is 1.96 bits per heavy atom. The fourth-order valence-corrected chi connectivity index (χ4v) is 4.53. The summed E-state index contributed by atoms with van der Waals surface area (Å²) in [5.41, 5.74) is 2.06. The standard InChI is InChI=1S/C23H30ClNO2/c1-27-16-6-5-14-23(26,19-11-8-15-25-17-19)20-12-7-13-21(24)22(20)18-9-3-2-4-10-18/h2-4,7,9-10,12-13,19,25-26H,5-6,8,11,14-17H2,1H3/t19?,23-/m0/s1. The minimum absolute atomic E-state index is 0.176. The molecule has 2 aromatic carbocycles. The molecule has 0 amide bonds.